The maximum Gasteiger partial charge on any atom is 0.332 e. The second-order valence-electron chi connectivity index (χ2n) is 1.61. The fourth-order valence-electron chi connectivity index (χ4n) is 0.359. The van der Waals surface area contributed by atoms with E-state index in [4.69, 9.17) is 17.3 Å². The minimum Gasteiger partial charge on any atom is -0.463 e. The number of amides is 1. The summed E-state index contributed by atoms with van der Waals surface area (Å²) in [6.45, 7) is 1.88. The first-order valence-corrected chi connectivity index (χ1v) is 3.29. The number of rotatable bonds is 3. The number of primary amides is 1. The zero-order chi connectivity index (χ0) is 8.85. The molecule has 0 aliphatic carbocycles. The SMILES string of the molecule is CCOC(=O)/C=C(/Cl)C(N)=O. The average molecular weight is 178 g/mol. The van der Waals surface area contributed by atoms with Crippen LogP contribution in [-0.2, 0) is 14.3 Å². The normalized spacial score (nSPS) is 10.9. The third kappa shape index (κ3) is 4.38. The monoisotopic (exact) mass is 177 g/mol. The molecule has 0 spiro atoms. The van der Waals surface area contributed by atoms with Gasteiger partial charge in [0, 0.05) is 6.08 Å². The average Bonchev–Trinajstić information content (AvgIpc) is 1.87. The first-order valence-electron chi connectivity index (χ1n) is 2.91. The van der Waals surface area contributed by atoms with Gasteiger partial charge in [0.05, 0.1) is 6.61 Å². The van der Waals surface area contributed by atoms with E-state index in [1.807, 2.05) is 0 Å². The lowest BCUT2D eigenvalue weighted by molar-refractivity contribution is -0.137. The van der Waals surface area contributed by atoms with Crippen LogP contribution in [0.2, 0.25) is 0 Å². The lowest BCUT2D eigenvalue weighted by Gasteiger charge is -1.94. The molecular weight excluding hydrogens is 170 g/mol. The molecule has 0 fully saturated rings. The summed E-state index contributed by atoms with van der Waals surface area (Å²) in [5.74, 6) is -1.52. The molecule has 62 valence electrons. The molecule has 5 heteroatoms. The van der Waals surface area contributed by atoms with E-state index in [-0.39, 0.29) is 11.6 Å². The Kier molecular flexibility index (Phi) is 4.29. The van der Waals surface area contributed by atoms with Gasteiger partial charge in [-0.1, -0.05) is 11.6 Å². The van der Waals surface area contributed by atoms with Crippen LogP contribution in [0.25, 0.3) is 0 Å². The molecule has 0 heterocycles. The summed E-state index contributed by atoms with van der Waals surface area (Å²) in [6.07, 6.45) is 0.841. The molecule has 2 N–H and O–H groups in total. The standard InChI is InChI=1S/C6H8ClNO3/c1-2-11-5(9)3-4(7)6(8)10/h3H,2H2,1H3,(H2,8,10)/b4-3+. The number of nitrogens with two attached hydrogens (primary N) is 1. The van der Waals surface area contributed by atoms with E-state index in [0.29, 0.717) is 0 Å². The van der Waals surface area contributed by atoms with Crippen molar-refractivity contribution in [3.63, 3.8) is 0 Å². The van der Waals surface area contributed by atoms with Crippen molar-refractivity contribution in [2.75, 3.05) is 6.61 Å². The molecule has 0 saturated carbocycles. The number of carbonyl (C=O) groups is 2. The maximum absolute atomic E-state index is 10.6. The van der Waals surface area contributed by atoms with Gasteiger partial charge in [0.25, 0.3) is 5.91 Å². The van der Waals surface area contributed by atoms with Gasteiger partial charge in [-0.15, -0.1) is 0 Å². The van der Waals surface area contributed by atoms with Crippen LogP contribution in [0.15, 0.2) is 11.1 Å². The third-order valence-corrected chi connectivity index (χ3v) is 1.06. The molecule has 1 amide bonds. The smallest absolute Gasteiger partial charge is 0.332 e. The Hall–Kier alpha value is -1.03. The maximum atomic E-state index is 10.6. The number of ether oxygens (including phenoxy) is 1. The summed E-state index contributed by atoms with van der Waals surface area (Å²) in [5, 5.41) is -0.330. The molecule has 0 rings (SSSR count). The zero-order valence-corrected chi connectivity index (χ0v) is 6.72. The van der Waals surface area contributed by atoms with Crippen molar-refractivity contribution in [3.8, 4) is 0 Å². The van der Waals surface area contributed by atoms with Crippen molar-refractivity contribution in [1.82, 2.24) is 0 Å². The highest BCUT2D eigenvalue weighted by atomic mass is 35.5. The molecule has 0 aliphatic rings. The number of esters is 1. The van der Waals surface area contributed by atoms with Gasteiger partial charge in [-0.3, -0.25) is 4.79 Å². The Balaban J connectivity index is 4.08. The predicted octanol–water partition coefficient (Wildman–Crippen LogP) is 0.158. The lowest BCUT2D eigenvalue weighted by atomic mass is 10.5. The van der Waals surface area contributed by atoms with E-state index < -0.39 is 11.9 Å². The lowest BCUT2D eigenvalue weighted by Crippen LogP contribution is -2.12. The van der Waals surface area contributed by atoms with Gasteiger partial charge in [-0.2, -0.15) is 0 Å². The van der Waals surface area contributed by atoms with Gasteiger partial charge in [0.15, 0.2) is 0 Å². The van der Waals surface area contributed by atoms with Gasteiger partial charge < -0.3 is 10.5 Å². The second kappa shape index (κ2) is 4.73. The van der Waals surface area contributed by atoms with E-state index in [1.165, 1.54) is 0 Å². The summed E-state index contributed by atoms with van der Waals surface area (Å²) < 4.78 is 4.46. The first kappa shape index (κ1) is 9.97. The molecule has 11 heavy (non-hydrogen) atoms. The molecular formula is C6H8ClNO3. The highest BCUT2D eigenvalue weighted by Gasteiger charge is 2.03. The topological polar surface area (TPSA) is 69.4 Å². The fraction of sp³-hybridized carbons (Fsp3) is 0.333. The van der Waals surface area contributed by atoms with Gasteiger partial charge in [0.1, 0.15) is 5.03 Å². The Labute approximate surface area is 69.0 Å². The van der Waals surface area contributed by atoms with E-state index in [1.54, 1.807) is 6.92 Å². The van der Waals surface area contributed by atoms with Gasteiger partial charge in [0.2, 0.25) is 0 Å². The van der Waals surface area contributed by atoms with Crippen molar-refractivity contribution in [2.45, 2.75) is 6.92 Å². The second-order valence-corrected chi connectivity index (χ2v) is 2.02. The molecule has 0 aliphatic heterocycles. The van der Waals surface area contributed by atoms with Crippen LogP contribution in [0.3, 0.4) is 0 Å². The van der Waals surface area contributed by atoms with Gasteiger partial charge >= 0.3 is 5.97 Å². The highest BCUT2D eigenvalue weighted by Crippen LogP contribution is 1.99. The molecule has 0 aromatic carbocycles. The number of carbonyl (C=O) groups excluding carboxylic acids is 2. The fourth-order valence-corrected chi connectivity index (χ4v) is 0.448. The van der Waals surface area contributed by atoms with Crippen molar-refractivity contribution in [1.29, 1.82) is 0 Å². The largest absolute Gasteiger partial charge is 0.463 e. The predicted molar refractivity (Wildman–Crippen MR) is 39.8 cm³/mol. The molecule has 4 nitrogen and oxygen atoms in total. The first-order chi connectivity index (χ1) is 5.07. The quantitative estimate of drug-likeness (QED) is 0.493. The van der Waals surface area contributed by atoms with E-state index >= 15 is 0 Å². The van der Waals surface area contributed by atoms with E-state index in [2.05, 4.69) is 4.74 Å². The van der Waals surface area contributed by atoms with Gasteiger partial charge in [-0.25, -0.2) is 4.79 Å². The summed E-state index contributed by atoms with van der Waals surface area (Å²) in [5.41, 5.74) is 4.73. The van der Waals surface area contributed by atoms with Crippen LogP contribution >= 0.6 is 11.6 Å². The summed E-state index contributed by atoms with van der Waals surface area (Å²) in [6, 6.07) is 0. The molecule has 0 aromatic heterocycles. The Morgan fingerprint density at radius 1 is 1.64 bits per heavy atom. The van der Waals surface area contributed by atoms with Gasteiger partial charge in [-0.05, 0) is 6.92 Å². The molecule has 0 bridgehead atoms. The van der Waals surface area contributed by atoms with Crippen LogP contribution in [0.5, 0.6) is 0 Å². The van der Waals surface area contributed by atoms with Crippen molar-refractivity contribution < 1.29 is 14.3 Å². The molecule has 0 unspecified atom stereocenters. The Bertz CT molecular complexity index is 200. The minimum absolute atomic E-state index is 0.234. The van der Waals surface area contributed by atoms with Crippen LogP contribution < -0.4 is 5.73 Å². The zero-order valence-electron chi connectivity index (χ0n) is 5.96. The van der Waals surface area contributed by atoms with E-state index in [9.17, 15) is 9.59 Å². The van der Waals surface area contributed by atoms with E-state index in [0.717, 1.165) is 6.08 Å². The molecule has 0 aromatic rings. The third-order valence-electron chi connectivity index (χ3n) is 0.767. The van der Waals surface area contributed by atoms with Crippen molar-refractivity contribution in [2.24, 2.45) is 5.73 Å². The summed E-state index contributed by atoms with van der Waals surface area (Å²) in [7, 11) is 0. The van der Waals surface area contributed by atoms with Crippen LogP contribution in [0.4, 0.5) is 0 Å². The molecule has 0 radical (unpaired) electrons. The number of hydrogen-bond donors (Lipinski definition) is 1. The van der Waals surface area contributed by atoms with Crippen LogP contribution in [-0.4, -0.2) is 18.5 Å². The Morgan fingerprint density at radius 2 is 2.18 bits per heavy atom. The number of hydrogen-bond acceptors (Lipinski definition) is 3. The Morgan fingerprint density at radius 3 is 2.55 bits per heavy atom. The molecule has 0 atom stereocenters. The summed E-state index contributed by atoms with van der Waals surface area (Å²) in [4.78, 5) is 20.8. The highest BCUT2D eigenvalue weighted by molar-refractivity contribution is 6.43. The number of halogens is 1. The molecule has 0 saturated heterocycles. The van der Waals surface area contributed by atoms with Crippen molar-refractivity contribution >= 4 is 23.5 Å². The van der Waals surface area contributed by atoms with Crippen LogP contribution in [0, 0.1) is 0 Å². The van der Waals surface area contributed by atoms with Crippen molar-refractivity contribution in [3.05, 3.63) is 11.1 Å². The van der Waals surface area contributed by atoms with Crippen LogP contribution in [0.1, 0.15) is 6.92 Å². The summed E-state index contributed by atoms with van der Waals surface area (Å²) >= 11 is 5.23. The minimum atomic E-state index is -0.847.